The lowest BCUT2D eigenvalue weighted by Gasteiger charge is -2.27. The first-order valence-electron chi connectivity index (χ1n) is 12.1. The van der Waals surface area contributed by atoms with Crippen molar-refractivity contribution < 1.29 is 23.9 Å². The van der Waals surface area contributed by atoms with E-state index in [1.54, 1.807) is 6.92 Å². The zero-order valence-corrected chi connectivity index (χ0v) is 19.8. The maximum atomic E-state index is 13.0. The van der Waals surface area contributed by atoms with Gasteiger partial charge in [-0.05, 0) is 62.4 Å². The quantitative estimate of drug-likeness (QED) is 0.594. The van der Waals surface area contributed by atoms with E-state index in [1.807, 2.05) is 48.5 Å². The van der Waals surface area contributed by atoms with Crippen LogP contribution in [0.25, 0.3) is 0 Å². The summed E-state index contributed by atoms with van der Waals surface area (Å²) in [5.74, 6) is 0.608. The molecule has 0 unspecified atom stereocenters. The first-order valence-corrected chi connectivity index (χ1v) is 12.1. The van der Waals surface area contributed by atoms with Gasteiger partial charge in [-0.15, -0.1) is 0 Å². The summed E-state index contributed by atoms with van der Waals surface area (Å²) in [6.07, 6.45) is 2.93. The number of hydrazine groups is 1. The molecule has 9 heteroatoms. The maximum Gasteiger partial charge on any atom is 0.344 e. The number of nitrogens with zero attached hydrogens (tertiary/aromatic N) is 2. The molecular weight excluding hydrogens is 448 g/mol. The monoisotopic (exact) mass is 478 g/mol. The molecule has 0 aliphatic carbocycles. The van der Waals surface area contributed by atoms with Crippen molar-refractivity contribution in [3.63, 3.8) is 0 Å². The standard InChI is InChI=1S/C26H30N4O5/c1-26(12-11-18-6-3-2-4-7-18)24(32)30(25(33)27-26)28-23(31)17-29-13-5-8-20(29)19-9-10-21-22(16-19)35-15-14-34-21/h2-4,6-7,9-10,16,20H,5,8,11-15,17H2,1H3,(H,27,33)(H,28,31)/t20-,26-/m1/s1. The Hall–Kier alpha value is -3.59. The second-order valence-corrected chi connectivity index (χ2v) is 9.45. The molecule has 0 bridgehead atoms. The smallest absolute Gasteiger partial charge is 0.344 e. The molecule has 3 aliphatic rings. The van der Waals surface area contributed by atoms with Crippen molar-refractivity contribution in [3.8, 4) is 11.5 Å². The Bertz CT molecular complexity index is 1120. The highest BCUT2D eigenvalue weighted by Gasteiger charge is 2.48. The molecule has 3 heterocycles. The molecule has 3 aliphatic heterocycles. The highest BCUT2D eigenvalue weighted by molar-refractivity contribution is 6.07. The van der Waals surface area contributed by atoms with Crippen molar-refractivity contribution in [2.24, 2.45) is 0 Å². The van der Waals surface area contributed by atoms with Gasteiger partial charge in [0.05, 0.1) is 6.54 Å². The molecule has 2 atom stereocenters. The molecule has 35 heavy (non-hydrogen) atoms. The number of rotatable bonds is 7. The van der Waals surface area contributed by atoms with Crippen LogP contribution >= 0.6 is 0 Å². The van der Waals surface area contributed by atoms with Crippen LogP contribution in [-0.4, -0.2) is 59.6 Å². The molecule has 2 aromatic carbocycles. The van der Waals surface area contributed by atoms with Gasteiger partial charge in [0.15, 0.2) is 11.5 Å². The van der Waals surface area contributed by atoms with E-state index >= 15 is 0 Å². The molecule has 5 rings (SSSR count). The van der Waals surface area contributed by atoms with Gasteiger partial charge in [-0.2, -0.15) is 5.01 Å². The number of urea groups is 1. The molecule has 9 nitrogen and oxygen atoms in total. The van der Waals surface area contributed by atoms with Gasteiger partial charge >= 0.3 is 6.03 Å². The van der Waals surface area contributed by atoms with E-state index in [0.717, 1.165) is 47.0 Å². The third kappa shape index (κ3) is 4.81. The predicted octanol–water partition coefficient (Wildman–Crippen LogP) is 2.57. The molecule has 0 radical (unpaired) electrons. The van der Waals surface area contributed by atoms with E-state index in [9.17, 15) is 14.4 Å². The van der Waals surface area contributed by atoms with Gasteiger partial charge in [0, 0.05) is 6.04 Å². The summed E-state index contributed by atoms with van der Waals surface area (Å²) < 4.78 is 11.3. The average Bonchev–Trinajstić information content (AvgIpc) is 3.41. The van der Waals surface area contributed by atoms with Crippen molar-refractivity contribution in [1.82, 2.24) is 20.7 Å². The molecule has 2 N–H and O–H groups in total. The van der Waals surface area contributed by atoms with Crippen molar-refractivity contribution in [2.45, 2.75) is 44.2 Å². The number of benzene rings is 2. The first-order chi connectivity index (χ1) is 16.9. The number of hydrogen-bond acceptors (Lipinski definition) is 6. The Balaban J connectivity index is 1.20. The van der Waals surface area contributed by atoms with E-state index in [4.69, 9.17) is 9.47 Å². The largest absolute Gasteiger partial charge is 0.486 e. The topological polar surface area (TPSA) is 100 Å². The zero-order valence-electron chi connectivity index (χ0n) is 19.8. The second kappa shape index (κ2) is 9.58. The summed E-state index contributed by atoms with van der Waals surface area (Å²) in [5, 5.41) is 3.57. The minimum absolute atomic E-state index is 0.0517. The van der Waals surface area contributed by atoms with Gasteiger partial charge in [0.25, 0.3) is 11.8 Å². The molecule has 2 fully saturated rings. The number of imide groups is 1. The fourth-order valence-electron chi connectivity index (χ4n) is 5.00. The number of fused-ring (bicyclic) bond motifs is 1. The fourth-order valence-corrected chi connectivity index (χ4v) is 5.00. The second-order valence-electron chi connectivity index (χ2n) is 9.45. The number of nitrogens with one attached hydrogen (secondary N) is 2. The lowest BCUT2D eigenvalue weighted by molar-refractivity contribution is -0.139. The summed E-state index contributed by atoms with van der Waals surface area (Å²) in [7, 11) is 0. The van der Waals surface area contributed by atoms with Crippen molar-refractivity contribution in [3.05, 3.63) is 59.7 Å². The molecular formula is C26H30N4O5. The van der Waals surface area contributed by atoms with E-state index in [1.165, 1.54) is 0 Å². The highest BCUT2D eigenvalue weighted by atomic mass is 16.6. The van der Waals surface area contributed by atoms with Gasteiger partial charge < -0.3 is 14.8 Å². The minimum atomic E-state index is -1.07. The predicted molar refractivity (Wildman–Crippen MR) is 128 cm³/mol. The molecule has 4 amide bonds. The number of ether oxygens (including phenoxy) is 2. The number of carbonyl (C=O) groups excluding carboxylic acids is 3. The van der Waals surface area contributed by atoms with Crippen LogP contribution in [0.1, 0.15) is 43.4 Å². The van der Waals surface area contributed by atoms with Crippen LogP contribution in [-0.2, 0) is 16.0 Å². The Kier molecular flexibility index (Phi) is 6.34. The van der Waals surface area contributed by atoms with Crippen LogP contribution in [0, 0.1) is 0 Å². The number of aryl methyl sites for hydroxylation is 1. The van der Waals surface area contributed by atoms with Crippen molar-refractivity contribution >= 4 is 17.8 Å². The molecule has 0 saturated carbocycles. The molecule has 2 aromatic rings. The van der Waals surface area contributed by atoms with Crippen LogP contribution in [0.2, 0.25) is 0 Å². The van der Waals surface area contributed by atoms with Crippen LogP contribution in [0.3, 0.4) is 0 Å². The van der Waals surface area contributed by atoms with Crippen LogP contribution in [0.5, 0.6) is 11.5 Å². The SMILES string of the molecule is C[C@]1(CCc2ccccc2)NC(=O)N(NC(=O)CN2CCC[C@@H]2c2ccc3c(c2)OCCO3)C1=O. The van der Waals surface area contributed by atoms with Crippen LogP contribution in [0.4, 0.5) is 4.79 Å². The highest BCUT2D eigenvalue weighted by Crippen LogP contribution is 2.37. The van der Waals surface area contributed by atoms with Gasteiger partial charge in [-0.1, -0.05) is 36.4 Å². The Morgan fingerprint density at radius 1 is 1.11 bits per heavy atom. The summed E-state index contributed by atoms with van der Waals surface area (Å²) >= 11 is 0. The third-order valence-electron chi connectivity index (χ3n) is 6.92. The normalized spacial score (nSPS) is 23.9. The Labute approximate surface area is 204 Å². The van der Waals surface area contributed by atoms with Crippen molar-refractivity contribution in [1.29, 1.82) is 0 Å². The Morgan fingerprint density at radius 2 is 1.89 bits per heavy atom. The van der Waals surface area contributed by atoms with E-state index in [2.05, 4.69) is 15.6 Å². The number of hydrogen-bond donors (Lipinski definition) is 2. The Morgan fingerprint density at radius 3 is 2.69 bits per heavy atom. The fraction of sp³-hybridized carbons (Fsp3) is 0.423. The average molecular weight is 479 g/mol. The van der Waals surface area contributed by atoms with Crippen LogP contribution < -0.4 is 20.2 Å². The maximum absolute atomic E-state index is 13.0. The van der Waals surface area contributed by atoms with Crippen LogP contribution in [0.15, 0.2) is 48.5 Å². The summed E-state index contributed by atoms with van der Waals surface area (Å²) in [5.41, 5.74) is 3.60. The first kappa shape index (κ1) is 23.2. The summed E-state index contributed by atoms with van der Waals surface area (Å²) in [6, 6.07) is 15.1. The molecule has 2 saturated heterocycles. The molecule has 0 spiro atoms. The summed E-state index contributed by atoms with van der Waals surface area (Å²) in [4.78, 5) is 40.5. The van der Waals surface area contributed by atoms with Gasteiger partial charge in [-0.3, -0.25) is 19.9 Å². The number of carbonyl (C=O) groups is 3. The summed E-state index contributed by atoms with van der Waals surface area (Å²) in [6.45, 7) is 3.58. The zero-order chi connectivity index (χ0) is 24.4. The van der Waals surface area contributed by atoms with Gasteiger partial charge in [0.1, 0.15) is 18.8 Å². The molecule has 0 aromatic heterocycles. The van der Waals surface area contributed by atoms with Crippen molar-refractivity contribution in [2.75, 3.05) is 26.3 Å². The lowest BCUT2D eigenvalue weighted by atomic mass is 9.93. The number of likely N-dealkylation sites (tertiary alicyclic amines) is 1. The van der Waals surface area contributed by atoms with Gasteiger partial charge in [-0.25, -0.2) is 4.79 Å². The van der Waals surface area contributed by atoms with E-state index < -0.39 is 23.4 Å². The van der Waals surface area contributed by atoms with E-state index in [-0.39, 0.29) is 12.6 Å². The minimum Gasteiger partial charge on any atom is -0.486 e. The molecule has 184 valence electrons. The van der Waals surface area contributed by atoms with E-state index in [0.29, 0.717) is 26.1 Å². The lowest BCUT2D eigenvalue weighted by Crippen LogP contribution is -2.51. The third-order valence-corrected chi connectivity index (χ3v) is 6.92. The number of amides is 4. The van der Waals surface area contributed by atoms with Gasteiger partial charge in [0.2, 0.25) is 0 Å².